The first kappa shape index (κ1) is 14.2. The van der Waals surface area contributed by atoms with Gasteiger partial charge in [-0.1, -0.05) is 6.07 Å². The van der Waals surface area contributed by atoms with Gasteiger partial charge in [0, 0.05) is 12.1 Å². The van der Waals surface area contributed by atoms with E-state index >= 15 is 0 Å². The van der Waals surface area contributed by atoms with Gasteiger partial charge in [0.15, 0.2) is 12.4 Å². The molecule has 4 fully saturated rings. The molecule has 1 heterocycles. The fraction of sp³-hybridized carbons (Fsp3) is 0.684. The molecule has 0 radical (unpaired) electrons. The van der Waals surface area contributed by atoms with Crippen molar-refractivity contribution in [2.45, 2.75) is 51.5 Å². The van der Waals surface area contributed by atoms with Crippen LogP contribution in [0.25, 0.3) is 0 Å². The zero-order valence-corrected chi connectivity index (χ0v) is 13.2. The largest absolute Gasteiger partial charge is 0.461 e. The van der Waals surface area contributed by atoms with Crippen LogP contribution in [0, 0.1) is 23.2 Å². The third kappa shape index (κ3) is 2.90. The van der Waals surface area contributed by atoms with Crippen LogP contribution in [0.3, 0.4) is 0 Å². The lowest BCUT2D eigenvalue weighted by Crippen LogP contribution is -2.46. The summed E-state index contributed by atoms with van der Waals surface area (Å²) in [6.07, 6.45) is 13.5. The summed E-state index contributed by atoms with van der Waals surface area (Å²) in [6, 6.07) is 5.82. The molecule has 0 saturated heterocycles. The molecule has 0 aliphatic heterocycles. The molecule has 0 unspecified atom stereocenters. The standard InChI is InChI=1S/C19H26NO2/c21-18(14-20-5-2-1-3-6-20)22-7-4-19-11-15-8-16(12-19)10-17(9-15)13-19/h1-3,5-6,15-17H,4,7-14H2/q+1. The molecule has 118 valence electrons. The number of hydrogen-bond donors (Lipinski definition) is 0. The molecule has 4 bridgehead atoms. The third-order valence-electron chi connectivity index (χ3n) is 6.15. The van der Waals surface area contributed by atoms with Crippen molar-refractivity contribution in [2.24, 2.45) is 23.2 Å². The van der Waals surface area contributed by atoms with Crippen molar-refractivity contribution in [3.63, 3.8) is 0 Å². The molecule has 4 aliphatic rings. The number of aromatic nitrogens is 1. The van der Waals surface area contributed by atoms with Gasteiger partial charge in [0.1, 0.15) is 0 Å². The van der Waals surface area contributed by atoms with E-state index in [1.807, 2.05) is 35.2 Å². The molecule has 4 saturated carbocycles. The van der Waals surface area contributed by atoms with Crippen molar-refractivity contribution in [1.29, 1.82) is 0 Å². The van der Waals surface area contributed by atoms with E-state index in [-0.39, 0.29) is 5.97 Å². The van der Waals surface area contributed by atoms with Crippen molar-refractivity contribution in [2.75, 3.05) is 6.61 Å². The SMILES string of the molecule is O=C(C[n+]1ccccc1)OCCC12CC3CC(CC(C3)C1)C2. The van der Waals surface area contributed by atoms with Gasteiger partial charge < -0.3 is 4.74 Å². The number of nitrogens with zero attached hydrogens (tertiary/aromatic N) is 1. The van der Waals surface area contributed by atoms with Gasteiger partial charge in [-0.2, -0.15) is 4.57 Å². The topological polar surface area (TPSA) is 30.2 Å². The van der Waals surface area contributed by atoms with E-state index in [0.29, 0.717) is 18.6 Å². The molecule has 0 aromatic carbocycles. The molecule has 5 rings (SSSR count). The Hall–Kier alpha value is -1.38. The highest BCUT2D eigenvalue weighted by atomic mass is 16.5. The minimum atomic E-state index is -0.110. The first-order valence-corrected chi connectivity index (χ1v) is 8.80. The van der Waals surface area contributed by atoms with Crippen molar-refractivity contribution in [1.82, 2.24) is 0 Å². The van der Waals surface area contributed by atoms with Crippen LogP contribution < -0.4 is 4.57 Å². The molecule has 22 heavy (non-hydrogen) atoms. The smallest absolute Gasteiger partial charge is 0.372 e. The Morgan fingerprint density at radius 3 is 2.18 bits per heavy atom. The summed E-state index contributed by atoms with van der Waals surface area (Å²) in [5.74, 6) is 2.81. The molecule has 1 aromatic rings. The second kappa shape index (κ2) is 5.68. The van der Waals surface area contributed by atoms with Gasteiger partial charge in [-0.05, 0) is 68.1 Å². The van der Waals surface area contributed by atoms with E-state index in [0.717, 1.165) is 24.2 Å². The fourth-order valence-corrected chi connectivity index (χ4v) is 5.71. The lowest BCUT2D eigenvalue weighted by molar-refractivity contribution is -0.686. The van der Waals surface area contributed by atoms with E-state index in [2.05, 4.69) is 0 Å². The Morgan fingerprint density at radius 1 is 1.00 bits per heavy atom. The summed E-state index contributed by atoms with van der Waals surface area (Å²) in [4.78, 5) is 12.0. The lowest BCUT2D eigenvalue weighted by Gasteiger charge is -2.57. The van der Waals surface area contributed by atoms with Crippen LogP contribution in [0.1, 0.15) is 44.9 Å². The molecule has 4 aliphatic carbocycles. The number of ether oxygens (including phenoxy) is 1. The van der Waals surface area contributed by atoms with Crippen LogP contribution in [-0.4, -0.2) is 12.6 Å². The quantitative estimate of drug-likeness (QED) is 0.618. The second-order valence-corrected chi connectivity index (χ2v) is 7.94. The van der Waals surface area contributed by atoms with Crippen molar-refractivity contribution in [3.8, 4) is 0 Å². The maximum atomic E-state index is 12.0. The van der Waals surface area contributed by atoms with E-state index in [1.54, 1.807) is 0 Å². The number of carbonyl (C=O) groups excluding carboxylic acids is 1. The average Bonchev–Trinajstić information content (AvgIpc) is 2.46. The van der Waals surface area contributed by atoms with Gasteiger partial charge in [0.05, 0.1) is 6.61 Å². The minimum Gasteiger partial charge on any atom is -0.461 e. The number of rotatable bonds is 5. The predicted octanol–water partition coefficient (Wildman–Crippen LogP) is 3.12. The highest BCUT2D eigenvalue weighted by Gasteiger charge is 2.50. The maximum Gasteiger partial charge on any atom is 0.372 e. The number of pyridine rings is 1. The van der Waals surface area contributed by atoms with Crippen LogP contribution in [0.15, 0.2) is 30.6 Å². The van der Waals surface area contributed by atoms with Gasteiger partial charge in [-0.25, -0.2) is 4.79 Å². The van der Waals surface area contributed by atoms with Crippen LogP contribution in [0.2, 0.25) is 0 Å². The van der Waals surface area contributed by atoms with Crippen LogP contribution >= 0.6 is 0 Å². The zero-order chi connectivity index (χ0) is 15.0. The molecule has 1 aromatic heterocycles. The van der Waals surface area contributed by atoms with E-state index in [1.165, 1.54) is 38.5 Å². The molecular weight excluding hydrogens is 274 g/mol. The number of hydrogen-bond acceptors (Lipinski definition) is 2. The molecule has 0 N–H and O–H groups in total. The Morgan fingerprint density at radius 2 is 1.59 bits per heavy atom. The Labute approximate surface area is 132 Å². The van der Waals surface area contributed by atoms with E-state index < -0.39 is 0 Å². The van der Waals surface area contributed by atoms with Crippen LogP contribution in [-0.2, 0) is 16.1 Å². The van der Waals surface area contributed by atoms with Gasteiger partial charge in [0.2, 0.25) is 6.54 Å². The third-order valence-corrected chi connectivity index (χ3v) is 6.15. The Bertz CT molecular complexity index is 504. The second-order valence-electron chi connectivity index (χ2n) is 7.94. The summed E-state index contributed by atoms with van der Waals surface area (Å²) >= 11 is 0. The minimum absolute atomic E-state index is 0.110. The molecule has 3 heteroatoms. The zero-order valence-electron chi connectivity index (χ0n) is 13.2. The van der Waals surface area contributed by atoms with Gasteiger partial charge in [0.25, 0.3) is 0 Å². The first-order valence-electron chi connectivity index (χ1n) is 8.80. The average molecular weight is 300 g/mol. The molecule has 0 spiro atoms. The number of esters is 1. The maximum absolute atomic E-state index is 12.0. The Balaban J connectivity index is 1.27. The highest BCUT2D eigenvalue weighted by Crippen LogP contribution is 2.61. The fourth-order valence-electron chi connectivity index (χ4n) is 5.71. The van der Waals surface area contributed by atoms with Gasteiger partial charge >= 0.3 is 5.97 Å². The predicted molar refractivity (Wildman–Crippen MR) is 82.8 cm³/mol. The van der Waals surface area contributed by atoms with Crippen LogP contribution in [0.5, 0.6) is 0 Å². The van der Waals surface area contributed by atoms with Crippen LogP contribution in [0.4, 0.5) is 0 Å². The molecular formula is C19H26NO2+. The van der Waals surface area contributed by atoms with Crippen molar-refractivity contribution < 1.29 is 14.1 Å². The van der Waals surface area contributed by atoms with E-state index in [9.17, 15) is 4.79 Å². The summed E-state index contributed by atoms with van der Waals surface area (Å²) in [5.41, 5.74) is 0.509. The summed E-state index contributed by atoms with van der Waals surface area (Å²) in [6.45, 7) is 0.931. The highest BCUT2D eigenvalue weighted by molar-refractivity contribution is 5.67. The van der Waals surface area contributed by atoms with Crippen molar-refractivity contribution >= 4 is 5.97 Å². The summed E-state index contributed by atoms with van der Waals surface area (Å²) < 4.78 is 7.39. The molecule has 0 amide bonds. The normalized spacial score (nSPS) is 35.5. The lowest BCUT2D eigenvalue weighted by atomic mass is 9.49. The summed E-state index contributed by atoms with van der Waals surface area (Å²) in [7, 11) is 0. The number of carbonyl (C=O) groups is 1. The summed E-state index contributed by atoms with van der Waals surface area (Å²) in [5, 5.41) is 0. The van der Waals surface area contributed by atoms with Gasteiger partial charge in [-0.3, -0.25) is 0 Å². The monoisotopic (exact) mass is 300 g/mol. The molecule has 0 atom stereocenters. The first-order chi connectivity index (χ1) is 10.7. The van der Waals surface area contributed by atoms with Gasteiger partial charge in [-0.15, -0.1) is 0 Å². The van der Waals surface area contributed by atoms with E-state index in [4.69, 9.17) is 4.74 Å². The Kier molecular flexibility index (Phi) is 3.67. The van der Waals surface area contributed by atoms with Crippen molar-refractivity contribution in [3.05, 3.63) is 30.6 Å². The molecule has 3 nitrogen and oxygen atoms in total.